The summed E-state index contributed by atoms with van der Waals surface area (Å²) in [5.74, 6) is 0.672. The first-order valence-corrected chi connectivity index (χ1v) is 9.32. The quantitative estimate of drug-likeness (QED) is 0.656. The molecule has 1 aliphatic heterocycles. The first kappa shape index (κ1) is 18.4. The molecule has 3 aromatic rings. The fourth-order valence-corrected chi connectivity index (χ4v) is 4.20. The molecule has 144 valence electrons. The molecule has 0 amide bonds. The fraction of sp³-hybridized carbons (Fsp3) is 0.318. The molecule has 2 aromatic carbocycles. The number of rotatable bonds is 5. The lowest BCUT2D eigenvalue weighted by Crippen LogP contribution is -2.43. The first-order chi connectivity index (χ1) is 13.6. The van der Waals surface area contributed by atoms with Crippen LogP contribution in [0.15, 0.2) is 53.1 Å². The van der Waals surface area contributed by atoms with Crippen LogP contribution in [0.25, 0.3) is 21.9 Å². The average Bonchev–Trinajstić information content (AvgIpc) is 3.13. The van der Waals surface area contributed by atoms with Crippen LogP contribution >= 0.6 is 0 Å². The SMILES string of the molecule is C=C(CN1CCC(C#N)(c2ccc(OC)c3oc4ccccc4c23)CC1)NO. The maximum atomic E-state index is 10.2. The number of hydrogen-bond donors (Lipinski definition) is 2. The zero-order valence-corrected chi connectivity index (χ0v) is 15.9. The first-order valence-electron chi connectivity index (χ1n) is 9.32. The second-order valence-corrected chi connectivity index (χ2v) is 7.30. The molecule has 0 bridgehead atoms. The molecule has 0 unspecified atom stereocenters. The number of benzene rings is 2. The highest BCUT2D eigenvalue weighted by atomic mass is 16.5. The molecule has 6 heteroatoms. The van der Waals surface area contributed by atoms with Gasteiger partial charge in [0.1, 0.15) is 5.58 Å². The van der Waals surface area contributed by atoms with Gasteiger partial charge in [-0.2, -0.15) is 5.26 Å². The number of fused-ring (bicyclic) bond motifs is 3. The van der Waals surface area contributed by atoms with Crippen LogP contribution in [-0.2, 0) is 5.41 Å². The second kappa shape index (κ2) is 7.19. The molecule has 2 heterocycles. The normalized spacial score (nSPS) is 16.8. The van der Waals surface area contributed by atoms with Crippen molar-refractivity contribution in [3.05, 3.63) is 54.2 Å². The third-order valence-electron chi connectivity index (χ3n) is 5.72. The Morgan fingerprint density at radius 2 is 2.07 bits per heavy atom. The second-order valence-electron chi connectivity index (χ2n) is 7.30. The molecule has 0 saturated carbocycles. The molecule has 0 atom stereocenters. The third kappa shape index (κ3) is 2.89. The van der Waals surface area contributed by atoms with Crippen molar-refractivity contribution in [2.24, 2.45) is 0 Å². The molecular formula is C22H23N3O3. The largest absolute Gasteiger partial charge is 0.493 e. The molecule has 0 radical (unpaired) electrons. The van der Waals surface area contributed by atoms with E-state index in [4.69, 9.17) is 14.4 Å². The molecule has 28 heavy (non-hydrogen) atoms. The van der Waals surface area contributed by atoms with Crippen LogP contribution in [0.4, 0.5) is 0 Å². The summed E-state index contributed by atoms with van der Waals surface area (Å²) >= 11 is 0. The van der Waals surface area contributed by atoms with Gasteiger partial charge in [0, 0.05) is 36.1 Å². The summed E-state index contributed by atoms with van der Waals surface area (Å²) in [5, 5.41) is 21.2. The van der Waals surface area contributed by atoms with Crippen molar-refractivity contribution in [1.82, 2.24) is 10.4 Å². The van der Waals surface area contributed by atoms with E-state index in [1.807, 2.05) is 36.4 Å². The van der Waals surface area contributed by atoms with Gasteiger partial charge in [0.2, 0.25) is 0 Å². The number of ether oxygens (including phenoxy) is 1. The molecule has 1 fully saturated rings. The van der Waals surface area contributed by atoms with Crippen LogP contribution in [0.2, 0.25) is 0 Å². The highest BCUT2D eigenvalue weighted by Gasteiger charge is 2.39. The highest BCUT2D eigenvalue weighted by Crippen LogP contribution is 2.44. The van der Waals surface area contributed by atoms with Gasteiger partial charge >= 0.3 is 0 Å². The van der Waals surface area contributed by atoms with Gasteiger partial charge < -0.3 is 9.15 Å². The minimum atomic E-state index is -0.596. The van der Waals surface area contributed by atoms with Gasteiger partial charge in [-0.1, -0.05) is 30.8 Å². The van der Waals surface area contributed by atoms with Crippen LogP contribution in [0.5, 0.6) is 5.75 Å². The summed E-state index contributed by atoms with van der Waals surface area (Å²) in [5.41, 5.74) is 4.54. The molecule has 2 N–H and O–H groups in total. The van der Waals surface area contributed by atoms with Crippen LogP contribution in [0.3, 0.4) is 0 Å². The van der Waals surface area contributed by atoms with Crippen molar-refractivity contribution >= 4 is 21.9 Å². The topological polar surface area (TPSA) is 81.7 Å². The Morgan fingerprint density at radius 3 is 2.75 bits per heavy atom. The van der Waals surface area contributed by atoms with Gasteiger partial charge in [-0.3, -0.25) is 15.6 Å². The Hall–Kier alpha value is -3.01. The van der Waals surface area contributed by atoms with E-state index in [9.17, 15) is 5.26 Å². The lowest BCUT2D eigenvalue weighted by Gasteiger charge is -2.38. The Kier molecular flexibility index (Phi) is 4.71. The van der Waals surface area contributed by atoms with E-state index in [2.05, 4.69) is 23.0 Å². The van der Waals surface area contributed by atoms with Gasteiger partial charge in [-0.15, -0.1) is 0 Å². The zero-order chi connectivity index (χ0) is 19.7. The fourth-order valence-electron chi connectivity index (χ4n) is 4.20. The number of nitrogens with zero attached hydrogens (tertiary/aromatic N) is 2. The maximum absolute atomic E-state index is 10.2. The highest BCUT2D eigenvalue weighted by molar-refractivity contribution is 6.09. The molecular weight excluding hydrogens is 354 g/mol. The molecule has 4 rings (SSSR count). The van der Waals surface area contributed by atoms with Crippen molar-refractivity contribution in [3.8, 4) is 11.8 Å². The Balaban J connectivity index is 1.80. The maximum Gasteiger partial charge on any atom is 0.177 e. The number of nitriles is 1. The number of para-hydroxylation sites is 1. The van der Waals surface area contributed by atoms with E-state index in [0.717, 1.165) is 35.0 Å². The van der Waals surface area contributed by atoms with Crippen LogP contribution in [0.1, 0.15) is 18.4 Å². The summed E-state index contributed by atoms with van der Waals surface area (Å²) < 4.78 is 11.6. The van der Waals surface area contributed by atoms with E-state index >= 15 is 0 Å². The Labute approximate surface area is 163 Å². The monoisotopic (exact) mass is 377 g/mol. The third-order valence-corrected chi connectivity index (χ3v) is 5.72. The van der Waals surface area contributed by atoms with Crippen LogP contribution < -0.4 is 10.2 Å². The molecule has 1 saturated heterocycles. The Morgan fingerprint density at radius 1 is 1.32 bits per heavy atom. The standard InChI is InChI=1S/C22H23N3O3/c1-15(24-26)13-25-11-9-22(14-23,10-12-25)17-7-8-19(27-2)21-20(17)16-5-3-4-6-18(16)28-21/h3-8,24,26H,1,9-13H2,2H3. The van der Waals surface area contributed by atoms with E-state index < -0.39 is 5.41 Å². The van der Waals surface area contributed by atoms with Gasteiger partial charge in [0.25, 0.3) is 0 Å². The molecule has 0 spiro atoms. The van der Waals surface area contributed by atoms with Crippen molar-refractivity contribution < 1.29 is 14.4 Å². The van der Waals surface area contributed by atoms with E-state index in [0.29, 0.717) is 36.4 Å². The summed E-state index contributed by atoms with van der Waals surface area (Å²) in [6, 6.07) is 14.4. The number of furan rings is 1. The molecule has 0 aliphatic carbocycles. The zero-order valence-electron chi connectivity index (χ0n) is 15.9. The van der Waals surface area contributed by atoms with E-state index in [-0.39, 0.29) is 0 Å². The summed E-state index contributed by atoms with van der Waals surface area (Å²) in [4.78, 5) is 2.19. The van der Waals surface area contributed by atoms with Crippen molar-refractivity contribution in [2.45, 2.75) is 18.3 Å². The molecule has 1 aliphatic rings. The van der Waals surface area contributed by atoms with Gasteiger partial charge in [-0.05, 0) is 30.5 Å². The minimum Gasteiger partial charge on any atom is -0.493 e. The van der Waals surface area contributed by atoms with Crippen molar-refractivity contribution in [3.63, 3.8) is 0 Å². The number of hydroxylamine groups is 1. The predicted molar refractivity (Wildman–Crippen MR) is 107 cm³/mol. The number of piperidine rings is 1. The summed E-state index contributed by atoms with van der Waals surface area (Å²) in [6.07, 6.45) is 1.40. The van der Waals surface area contributed by atoms with Crippen molar-refractivity contribution in [1.29, 1.82) is 5.26 Å². The van der Waals surface area contributed by atoms with Crippen LogP contribution in [0, 0.1) is 11.3 Å². The lowest BCUT2D eigenvalue weighted by atomic mass is 9.72. The smallest absolute Gasteiger partial charge is 0.177 e. The number of likely N-dealkylation sites (tertiary alicyclic amines) is 1. The van der Waals surface area contributed by atoms with Gasteiger partial charge in [-0.25, -0.2) is 0 Å². The van der Waals surface area contributed by atoms with Gasteiger partial charge in [0.05, 0.1) is 18.6 Å². The summed E-state index contributed by atoms with van der Waals surface area (Å²) in [7, 11) is 1.63. The van der Waals surface area contributed by atoms with Crippen molar-refractivity contribution in [2.75, 3.05) is 26.7 Å². The average molecular weight is 377 g/mol. The number of hydrogen-bond acceptors (Lipinski definition) is 6. The van der Waals surface area contributed by atoms with E-state index in [1.165, 1.54) is 0 Å². The Bertz CT molecular complexity index is 1070. The van der Waals surface area contributed by atoms with E-state index in [1.54, 1.807) is 7.11 Å². The predicted octanol–water partition coefficient (Wildman–Crippen LogP) is 3.94. The molecule has 6 nitrogen and oxygen atoms in total. The number of methoxy groups -OCH3 is 1. The lowest BCUT2D eigenvalue weighted by molar-refractivity contribution is 0.159. The summed E-state index contributed by atoms with van der Waals surface area (Å²) in [6.45, 7) is 5.83. The molecule has 1 aromatic heterocycles. The van der Waals surface area contributed by atoms with Crippen LogP contribution in [-0.4, -0.2) is 36.9 Å². The minimum absolute atomic E-state index is 0.553. The van der Waals surface area contributed by atoms with Gasteiger partial charge in [0.15, 0.2) is 11.3 Å². The number of nitrogens with one attached hydrogen (secondary N) is 1.